The van der Waals surface area contributed by atoms with Gasteiger partial charge in [0.1, 0.15) is 0 Å². The molecule has 1 aliphatic carbocycles. The van der Waals surface area contributed by atoms with E-state index < -0.39 is 6.10 Å². The summed E-state index contributed by atoms with van der Waals surface area (Å²) in [6, 6.07) is 10.4. The fraction of sp³-hybridized carbons (Fsp3) is 0.579. The Morgan fingerprint density at radius 2 is 2.04 bits per heavy atom. The molecule has 1 aromatic carbocycles. The Balaban J connectivity index is 1.43. The molecule has 0 amide bonds. The van der Waals surface area contributed by atoms with Crippen LogP contribution in [0.2, 0.25) is 0 Å². The van der Waals surface area contributed by atoms with Crippen LogP contribution >= 0.6 is 0 Å². The molecule has 0 spiro atoms. The third-order valence-corrected chi connectivity index (χ3v) is 5.36. The van der Waals surface area contributed by atoms with E-state index in [0.717, 1.165) is 43.1 Å². The minimum Gasteiger partial charge on any atom is -0.388 e. The fourth-order valence-electron chi connectivity index (χ4n) is 3.76. The van der Waals surface area contributed by atoms with E-state index in [2.05, 4.69) is 22.0 Å². The van der Waals surface area contributed by atoms with Crippen LogP contribution in [0.3, 0.4) is 0 Å². The molecule has 3 atom stereocenters. The van der Waals surface area contributed by atoms with Crippen molar-refractivity contribution in [3.05, 3.63) is 47.6 Å². The third kappa shape index (κ3) is 3.23. The predicted octanol–water partition coefficient (Wildman–Crippen LogP) is 3.60. The standard InChI is InChI=1S/C19H25N3O2/c1-13(19-20-18(21-24-19)15-9-10-15)22-11-5-8-16(22)12-17(23)14-6-3-2-4-7-14/h2-4,6-7,13,15-17,23H,5,8-12H2,1H3. The Hall–Kier alpha value is -1.72. The number of aliphatic hydroxyl groups is 1. The number of likely N-dealkylation sites (tertiary alicyclic amines) is 1. The number of nitrogens with zero attached hydrogens (tertiary/aromatic N) is 3. The Bertz CT molecular complexity index is 668. The minimum atomic E-state index is -0.422. The lowest BCUT2D eigenvalue weighted by molar-refractivity contribution is 0.0934. The van der Waals surface area contributed by atoms with E-state index in [1.165, 1.54) is 12.8 Å². The smallest absolute Gasteiger partial charge is 0.243 e. The second-order valence-electron chi connectivity index (χ2n) is 7.14. The van der Waals surface area contributed by atoms with Crippen molar-refractivity contribution in [1.29, 1.82) is 0 Å². The maximum absolute atomic E-state index is 10.6. The van der Waals surface area contributed by atoms with Gasteiger partial charge >= 0.3 is 0 Å². The molecule has 1 N–H and O–H groups in total. The summed E-state index contributed by atoms with van der Waals surface area (Å²) in [6.07, 6.45) is 4.95. The summed E-state index contributed by atoms with van der Waals surface area (Å²) in [5.74, 6) is 2.11. The molecule has 128 valence electrons. The molecule has 2 aromatic rings. The molecule has 2 heterocycles. The van der Waals surface area contributed by atoms with Crippen LogP contribution in [0.25, 0.3) is 0 Å². The second kappa shape index (κ2) is 6.65. The van der Waals surface area contributed by atoms with Crippen LogP contribution in [-0.4, -0.2) is 32.7 Å². The molecule has 4 rings (SSSR count). The lowest BCUT2D eigenvalue weighted by Crippen LogP contribution is -2.33. The summed E-state index contributed by atoms with van der Waals surface area (Å²) in [7, 11) is 0. The first-order chi connectivity index (χ1) is 11.7. The van der Waals surface area contributed by atoms with Gasteiger partial charge in [0.15, 0.2) is 5.82 Å². The van der Waals surface area contributed by atoms with Crippen LogP contribution in [0.5, 0.6) is 0 Å². The van der Waals surface area contributed by atoms with Crippen LogP contribution in [0, 0.1) is 0 Å². The number of aromatic nitrogens is 2. The quantitative estimate of drug-likeness (QED) is 0.878. The summed E-state index contributed by atoms with van der Waals surface area (Å²) in [5, 5.41) is 14.7. The van der Waals surface area contributed by atoms with Gasteiger partial charge in [-0.05, 0) is 51.1 Å². The highest BCUT2D eigenvalue weighted by molar-refractivity contribution is 5.17. The zero-order valence-corrected chi connectivity index (χ0v) is 14.1. The zero-order valence-electron chi connectivity index (χ0n) is 14.1. The van der Waals surface area contributed by atoms with E-state index in [-0.39, 0.29) is 6.04 Å². The van der Waals surface area contributed by atoms with Crippen molar-refractivity contribution in [2.75, 3.05) is 6.54 Å². The fourth-order valence-corrected chi connectivity index (χ4v) is 3.76. The summed E-state index contributed by atoms with van der Waals surface area (Å²) in [6.45, 7) is 3.16. The van der Waals surface area contributed by atoms with Gasteiger partial charge in [-0.15, -0.1) is 0 Å². The van der Waals surface area contributed by atoms with Crippen molar-refractivity contribution >= 4 is 0 Å². The molecule has 2 aliphatic rings. The number of aliphatic hydroxyl groups excluding tert-OH is 1. The summed E-state index contributed by atoms with van der Waals surface area (Å²) in [4.78, 5) is 7.02. The topological polar surface area (TPSA) is 62.4 Å². The van der Waals surface area contributed by atoms with Crippen LogP contribution in [0.4, 0.5) is 0 Å². The third-order valence-electron chi connectivity index (χ3n) is 5.36. The molecular formula is C19H25N3O2. The maximum atomic E-state index is 10.6. The monoisotopic (exact) mass is 327 g/mol. The Kier molecular flexibility index (Phi) is 4.37. The molecule has 1 aromatic heterocycles. The highest BCUT2D eigenvalue weighted by Crippen LogP contribution is 2.39. The second-order valence-corrected chi connectivity index (χ2v) is 7.14. The molecule has 3 unspecified atom stereocenters. The number of hydrogen-bond acceptors (Lipinski definition) is 5. The molecule has 0 bridgehead atoms. The highest BCUT2D eigenvalue weighted by Gasteiger charge is 2.35. The van der Waals surface area contributed by atoms with E-state index in [0.29, 0.717) is 12.0 Å². The highest BCUT2D eigenvalue weighted by atomic mass is 16.5. The number of hydrogen-bond donors (Lipinski definition) is 1. The zero-order chi connectivity index (χ0) is 16.5. The molecule has 0 radical (unpaired) electrons. The van der Waals surface area contributed by atoms with E-state index in [9.17, 15) is 5.11 Å². The predicted molar refractivity (Wildman–Crippen MR) is 90.4 cm³/mol. The first-order valence-electron chi connectivity index (χ1n) is 9.04. The van der Waals surface area contributed by atoms with Crippen molar-refractivity contribution in [1.82, 2.24) is 15.0 Å². The minimum absolute atomic E-state index is 0.112. The first kappa shape index (κ1) is 15.8. The van der Waals surface area contributed by atoms with Crippen LogP contribution < -0.4 is 0 Å². The van der Waals surface area contributed by atoms with Gasteiger partial charge in [-0.1, -0.05) is 35.5 Å². The molecule has 1 aliphatic heterocycles. The molecule has 1 saturated heterocycles. The number of benzene rings is 1. The van der Waals surface area contributed by atoms with E-state index in [4.69, 9.17) is 4.52 Å². The van der Waals surface area contributed by atoms with Crippen molar-refractivity contribution in [2.24, 2.45) is 0 Å². The number of rotatable bonds is 6. The van der Waals surface area contributed by atoms with Crippen molar-refractivity contribution in [2.45, 2.75) is 63.1 Å². The summed E-state index contributed by atoms with van der Waals surface area (Å²) in [5.41, 5.74) is 0.991. The van der Waals surface area contributed by atoms with E-state index in [1.54, 1.807) is 0 Å². The summed E-state index contributed by atoms with van der Waals surface area (Å²) < 4.78 is 5.51. The van der Waals surface area contributed by atoms with Crippen LogP contribution in [0.15, 0.2) is 34.9 Å². The average Bonchev–Trinajstić information content (AvgIpc) is 3.17. The van der Waals surface area contributed by atoms with Gasteiger partial charge in [-0.2, -0.15) is 4.98 Å². The van der Waals surface area contributed by atoms with Crippen LogP contribution in [-0.2, 0) is 0 Å². The van der Waals surface area contributed by atoms with E-state index in [1.807, 2.05) is 30.3 Å². The van der Waals surface area contributed by atoms with Gasteiger partial charge in [0.2, 0.25) is 5.89 Å². The summed E-state index contributed by atoms with van der Waals surface area (Å²) >= 11 is 0. The van der Waals surface area contributed by atoms with Crippen molar-refractivity contribution < 1.29 is 9.63 Å². The van der Waals surface area contributed by atoms with Gasteiger partial charge in [-0.25, -0.2) is 0 Å². The normalized spacial score (nSPS) is 24.2. The molecule has 2 fully saturated rings. The molecule has 5 heteroatoms. The molecular weight excluding hydrogens is 302 g/mol. The van der Waals surface area contributed by atoms with Gasteiger partial charge < -0.3 is 9.63 Å². The van der Waals surface area contributed by atoms with Gasteiger partial charge in [0.25, 0.3) is 0 Å². The molecule has 1 saturated carbocycles. The van der Waals surface area contributed by atoms with E-state index >= 15 is 0 Å². The maximum Gasteiger partial charge on any atom is 0.243 e. The average molecular weight is 327 g/mol. The Labute approximate surface area is 142 Å². The van der Waals surface area contributed by atoms with Gasteiger partial charge in [-0.3, -0.25) is 4.90 Å². The molecule has 24 heavy (non-hydrogen) atoms. The lowest BCUT2D eigenvalue weighted by Gasteiger charge is -2.30. The lowest BCUT2D eigenvalue weighted by atomic mass is 10.00. The SMILES string of the molecule is CC(c1nc(C2CC2)no1)N1CCCC1CC(O)c1ccccc1. The first-order valence-corrected chi connectivity index (χ1v) is 9.04. The van der Waals surface area contributed by atoms with Crippen molar-refractivity contribution in [3.63, 3.8) is 0 Å². The van der Waals surface area contributed by atoms with Gasteiger partial charge in [0, 0.05) is 12.0 Å². The Morgan fingerprint density at radius 1 is 1.25 bits per heavy atom. The molecule has 5 nitrogen and oxygen atoms in total. The largest absolute Gasteiger partial charge is 0.388 e. The van der Waals surface area contributed by atoms with Gasteiger partial charge in [0.05, 0.1) is 12.1 Å². The Morgan fingerprint density at radius 3 is 2.79 bits per heavy atom. The van der Waals surface area contributed by atoms with Crippen LogP contribution in [0.1, 0.15) is 74.4 Å². The van der Waals surface area contributed by atoms with Crippen molar-refractivity contribution in [3.8, 4) is 0 Å².